The van der Waals surface area contributed by atoms with E-state index in [1.54, 1.807) is 12.1 Å². The van der Waals surface area contributed by atoms with Crippen LogP contribution in [-0.2, 0) is 10.5 Å². The maximum Gasteiger partial charge on any atom is 0.257 e. The summed E-state index contributed by atoms with van der Waals surface area (Å²) in [5.41, 5.74) is 2.83. The molecule has 0 spiro atoms. The average molecular weight is 453 g/mol. The SMILES string of the molecule is Cc1ccccc1-n1c(SCc2noc(-c3ccc(F)cc3)n2)nnc1N1CCOCC1. The van der Waals surface area contributed by atoms with E-state index in [0.717, 1.165) is 35.4 Å². The third-order valence-corrected chi connectivity index (χ3v) is 6.08. The van der Waals surface area contributed by atoms with Crippen molar-refractivity contribution in [2.45, 2.75) is 17.8 Å². The van der Waals surface area contributed by atoms with Crippen LogP contribution < -0.4 is 4.90 Å². The van der Waals surface area contributed by atoms with Gasteiger partial charge >= 0.3 is 0 Å². The smallest absolute Gasteiger partial charge is 0.257 e. The molecule has 1 aliphatic rings. The van der Waals surface area contributed by atoms with Crippen LogP contribution >= 0.6 is 11.8 Å². The van der Waals surface area contributed by atoms with Gasteiger partial charge in [0.15, 0.2) is 11.0 Å². The van der Waals surface area contributed by atoms with Gasteiger partial charge in [-0.05, 0) is 42.8 Å². The lowest BCUT2D eigenvalue weighted by molar-refractivity contribution is 0.122. The number of benzene rings is 2. The Labute approximate surface area is 188 Å². The molecule has 0 aliphatic carbocycles. The highest BCUT2D eigenvalue weighted by Crippen LogP contribution is 2.30. The Morgan fingerprint density at radius 2 is 1.81 bits per heavy atom. The van der Waals surface area contributed by atoms with Crippen molar-refractivity contribution in [3.63, 3.8) is 0 Å². The molecule has 1 saturated heterocycles. The molecule has 0 atom stereocenters. The molecule has 2 aromatic heterocycles. The number of morpholine rings is 1. The van der Waals surface area contributed by atoms with E-state index < -0.39 is 0 Å². The number of anilines is 1. The summed E-state index contributed by atoms with van der Waals surface area (Å²) in [7, 11) is 0. The van der Waals surface area contributed by atoms with Gasteiger partial charge in [-0.2, -0.15) is 4.98 Å². The number of rotatable bonds is 6. The molecule has 32 heavy (non-hydrogen) atoms. The number of ether oxygens (including phenoxy) is 1. The van der Waals surface area contributed by atoms with E-state index in [1.165, 1.54) is 23.9 Å². The molecule has 8 nitrogen and oxygen atoms in total. The minimum absolute atomic E-state index is 0.310. The van der Waals surface area contributed by atoms with Crippen LogP contribution in [0.15, 0.2) is 58.2 Å². The molecule has 1 aliphatic heterocycles. The first-order valence-corrected chi connectivity index (χ1v) is 11.2. The summed E-state index contributed by atoms with van der Waals surface area (Å²) in [6.45, 7) is 4.93. The number of aromatic nitrogens is 5. The molecule has 0 amide bonds. The second-order valence-corrected chi connectivity index (χ2v) is 8.26. The molecule has 0 bridgehead atoms. The van der Waals surface area contributed by atoms with Gasteiger partial charge in [0.25, 0.3) is 5.89 Å². The van der Waals surface area contributed by atoms with Crippen molar-refractivity contribution in [1.82, 2.24) is 24.9 Å². The van der Waals surface area contributed by atoms with E-state index in [2.05, 4.69) is 48.9 Å². The molecule has 0 radical (unpaired) electrons. The fraction of sp³-hybridized carbons (Fsp3) is 0.273. The van der Waals surface area contributed by atoms with Crippen LogP contribution in [0.5, 0.6) is 0 Å². The van der Waals surface area contributed by atoms with Crippen molar-refractivity contribution >= 4 is 17.7 Å². The Hall–Kier alpha value is -3.24. The van der Waals surface area contributed by atoms with Gasteiger partial charge in [0, 0.05) is 18.7 Å². The van der Waals surface area contributed by atoms with Gasteiger partial charge in [-0.1, -0.05) is 35.1 Å². The predicted octanol–water partition coefficient (Wildman–Crippen LogP) is 3.89. The van der Waals surface area contributed by atoms with E-state index in [0.29, 0.717) is 36.2 Å². The van der Waals surface area contributed by atoms with E-state index in [1.807, 2.05) is 12.1 Å². The van der Waals surface area contributed by atoms with Gasteiger partial charge in [0.05, 0.1) is 24.7 Å². The summed E-state index contributed by atoms with van der Waals surface area (Å²) >= 11 is 1.49. The number of aryl methyl sites for hydroxylation is 1. The summed E-state index contributed by atoms with van der Waals surface area (Å²) in [6, 6.07) is 14.1. The molecule has 0 saturated carbocycles. The molecule has 3 heterocycles. The fourth-order valence-corrected chi connectivity index (χ4v) is 4.28. The van der Waals surface area contributed by atoms with E-state index >= 15 is 0 Å². The summed E-state index contributed by atoms with van der Waals surface area (Å²) in [5.74, 6) is 1.83. The highest BCUT2D eigenvalue weighted by molar-refractivity contribution is 7.98. The zero-order valence-corrected chi connectivity index (χ0v) is 18.3. The van der Waals surface area contributed by atoms with Crippen molar-refractivity contribution < 1.29 is 13.7 Å². The monoisotopic (exact) mass is 452 g/mol. The van der Waals surface area contributed by atoms with Crippen LogP contribution in [-0.4, -0.2) is 51.2 Å². The molecular weight excluding hydrogens is 431 g/mol. The Morgan fingerprint density at radius 3 is 2.59 bits per heavy atom. The van der Waals surface area contributed by atoms with E-state index in [-0.39, 0.29) is 5.82 Å². The topological polar surface area (TPSA) is 82.1 Å². The second kappa shape index (κ2) is 9.09. The molecule has 0 N–H and O–H groups in total. The Balaban J connectivity index is 1.41. The maximum absolute atomic E-state index is 13.2. The van der Waals surface area contributed by atoms with Crippen molar-refractivity contribution in [1.29, 1.82) is 0 Å². The van der Waals surface area contributed by atoms with Crippen LogP contribution in [0.4, 0.5) is 10.3 Å². The van der Waals surface area contributed by atoms with Crippen LogP contribution in [0.1, 0.15) is 11.4 Å². The first kappa shape index (κ1) is 20.7. The highest BCUT2D eigenvalue weighted by Gasteiger charge is 2.23. The summed E-state index contributed by atoms with van der Waals surface area (Å²) in [4.78, 5) is 6.62. The van der Waals surface area contributed by atoms with Gasteiger partial charge < -0.3 is 14.2 Å². The van der Waals surface area contributed by atoms with Crippen molar-refractivity contribution in [3.05, 3.63) is 65.7 Å². The van der Waals surface area contributed by atoms with Gasteiger partial charge in [-0.15, -0.1) is 10.2 Å². The van der Waals surface area contributed by atoms with Gasteiger partial charge in [0.2, 0.25) is 5.95 Å². The van der Waals surface area contributed by atoms with Crippen molar-refractivity contribution in [2.75, 3.05) is 31.2 Å². The van der Waals surface area contributed by atoms with Crippen LogP contribution in [0, 0.1) is 12.7 Å². The minimum atomic E-state index is -0.310. The number of hydrogen-bond acceptors (Lipinski definition) is 8. The lowest BCUT2D eigenvalue weighted by Gasteiger charge is -2.28. The molecule has 164 valence electrons. The Bertz CT molecular complexity index is 1200. The molecule has 4 aromatic rings. The Morgan fingerprint density at radius 1 is 1.03 bits per heavy atom. The molecule has 0 unspecified atom stereocenters. The molecule has 10 heteroatoms. The number of halogens is 1. The van der Waals surface area contributed by atoms with Crippen LogP contribution in [0.3, 0.4) is 0 Å². The number of hydrogen-bond donors (Lipinski definition) is 0. The quantitative estimate of drug-likeness (QED) is 0.408. The van der Waals surface area contributed by atoms with Crippen molar-refractivity contribution in [2.24, 2.45) is 0 Å². The number of thioether (sulfide) groups is 1. The van der Waals surface area contributed by atoms with Crippen LogP contribution in [0.25, 0.3) is 17.1 Å². The second-order valence-electron chi connectivity index (χ2n) is 7.32. The predicted molar refractivity (Wildman–Crippen MR) is 118 cm³/mol. The summed E-state index contributed by atoms with van der Waals surface area (Å²) in [6.07, 6.45) is 0. The summed E-state index contributed by atoms with van der Waals surface area (Å²) < 4.78 is 26.1. The lowest BCUT2D eigenvalue weighted by atomic mass is 10.2. The molecule has 5 rings (SSSR count). The first-order chi connectivity index (χ1) is 15.7. The molecule has 1 fully saturated rings. The zero-order chi connectivity index (χ0) is 21.9. The van der Waals surface area contributed by atoms with Crippen LogP contribution in [0.2, 0.25) is 0 Å². The van der Waals surface area contributed by atoms with Gasteiger partial charge in [-0.3, -0.25) is 4.57 Å². The largest absolute Gasteiger partial charge is 0.378 e. The van der Waals surface area contributed by atoms with Gasteiger partial charge in [-0.25, -0.2) is 4.39 Å². The normalized spacial score (nSPS) is 14.1. The first-order valence-electron chi connectivity index (χ1n) is 10.2. The summed E-state index contributed by atoms with van der Waals surface area (Å²) in [5, 5.41) is 13.8. The lowest BCUT2D eigenvalue weighted by Crippen LogP contribution is -2.38. The van der Waals surface area contributed by atoms with E-state index in [9.17, 15) is 4.39 Å². The minimum Gasteiger partial charge on any atom is -0.378 e. The van der Waals surface area contributed by atoms with Crippen molar-refractivity contribution in [3.8, 4) is 17.1 Å². The molecule has 2 aromatic carbocycles. The van der Waals surface area contributed by atoms with E-state index in [4.69, 9.17) is 9.26 Å². The molecular formula is C22H21FN6O2S. The number of nitrogens with zero attached hydrogens (tertiary/aromatic N) is 6. The zero-order valence-electron chi connectivity index (χ0n) is 17.4. The average Bonchev–Trinajstić information content (AvgIpc) is 3.46. The van der Waals surface area contributed by atoms with Gasteiger partial charge in [0.1, 0.15) is 5.82 Å². The maximum atomic E-state index is 13.2. The third-order valence-electron chi connectivity index (χ3n) is 5.16. The standard InChI is InChI=1S/C22H21FN6O2S/c1-15-4-2-3-5-18(15)29-21(28-10-12-30-13-11-28)25-26-22(29)32-14-19-24-20(31-27-19)16-6-8-17(23)9-7-16/h2-9H,10-14H2,1H3. The highest BCUT2D eigenvalue weighted by atomic mass is 32.2. The number of para-hydroxylation sites is 1. The Kier molecular flexibility index (Phi) is 5.87. The third kappa shape index (κ3) is 4.23. The fourth-order valence-electron chi connectivity index (χ4n) is 3.50.